The summed E-state index contributed by atoms with van der Waals surface area (Å²) in [5.74, 6) is -0.389. The van der Waals surface area contributed by atoms with Gasteiger partial charge in [0.05, 0.1) is 6.54 Å². The molecule has 8 nitrogen and oxygen atoms in total. The lowest BCUT2D eigenvalue weighted by Gasteiger charge is -2.42. The van der Waals surface area contributed by atoms with E-state index in [2.05, 4.69) is 35.3 Å². The number of carbonyl (C=O) groups is 1. The van der Waals surface area contributed by atoms with Gasteiger partial charge in [-0.25, -0.2) is 18.7 Å². The Hall–Kier alpha value is -2.85. The van der Waals surface area contributed by atoms with E-state index in [-0.39, 0.29) is 18.5 Å². The number of aromatic nitrogens is 2. The van der Waals surface area contributed by atoms with Crippen LogP contribution < -0.4 is 15.5 Å². The van der Waals surface area contributed by atoms with Gasteiger partial charge in [-0.15, -0.1) is 0 Å². The minimum Gasteiger partial charge on any atom is -0.359 e. The molecule has 1 unspecified atom stereocenters. The zero-order chi connectivity index (χ0) is 22.8. The van der Waals surface area contributed by atoms with E-state index in [0.717, 1.165) is 38.3 Å². The Bertz CT molecular complexity index is 1010. The number of piperidine rings is 1. The molecule has 2 fully saturated rings. The maximum Gasteiger partial charge on any atom is 0.243 e. The van der Waals surface area contributed by atoms with Crippen LogP contribution in [-0.4, -0.2) is 78.0 Å². The van der Waals surface area contributed by atoms with E-state index >= 15 is 0 Å². The van der Waals surface area contributed by atoms with Crippen molar-refractivity contribution in [2.24, 2.45) is 0 Å². The van der Waals surface area contributed by atoms with E-state index in [0.29, 0.717) is 30.4 Å². The molecule has 2 saturated heterocycles. The van der Waals surface area contributed by atoms with E-state index in [1.54, 1.807) is 6.07 Å². The molecule has 3 aliphatic heterocycles. The standard InChI is InChI=1S/C23H29F2N7O/c24-17-5-4-16(12-18(17)25)19(14-30-6-2-1-3-7-30)31-8-10-32(11-9-31)23-21-22(27-15-28-23)26-13-20(33)29-21/h4-5,12,15,19H,1-3,6-11,13-14H2,(H,29,33)(H,26,27,28). The number of halogens is 2. The Morgan fingerprint density at radius 3 is 2.52 bits per heavy atom. The van der Waals surface area contributed by atoms with Crippen LogP contribution in [0.4, 0.5) is 26.1 Å². The van der Waals surface area contributed by atoms with Gasteiger partial charge in [-0.2, -0.15) is 0 Å². The summed E-state index contributed by atoms with van der Waals surface area (Å²) < 4.78 is 27.7. The number of fused-ring (bicyclic) bond motifs is 1. The minimum absolute atomic E-state index is 0.0129. The second kappa shape index (κ2) is 9.56. The molecule has 5 rings (SSSR count). The number of nitrogens with one attached hydrogen (secondary N) is 2. The third-order valence-electron chi connectivity index (χ3n) is 6.77. The van der Waals surface area contributed by atoms with Crippen LogP contribution in [-0.2, 0) is 4.79 Å². The fourth-order valence-electron chi connectivity index (χ4n) is 5.00. The Morgan fingerprint density at radius 1 is 0.970 bits per heavy atom. The molecular weight excluding hydrogens is 428 g/mol. The van der Waals surface area contributed by atoms with Gasteiger partial charge in [0.1, 0.15) is 12.0 Å². The summed E-state index contributed by atoms with van der Waals surface area (Å²) in [5.41, 5.74) is 1.43. The van der Waals surface area contributed by atoms with Gasteiger partial charge in [0, 0.05) is 38.8 Å². The summed E-state index contributed by atoms with van der Waals surface area (Å²) in [6.07, 6.45) is 5.11. The maximum absolute atomic E-state index is 14.1. The third kappa shape index (κ3) is 4.77. The lowest BCUT2D eigenvalue weighted by atomic mass is 10.0. The first kappa shape index (κ1) is 22.0. The van der Waals surface area contributed by atoms with E-state index in [4.69, 9.17) is 0 Å². The van der Waals surface area contributed by atoms with Gasteiger partial charge in [-0.1, -0.05) is 12.5 Å². The molecular formula is C23H29F2N7O. The SMILES string of the molecule is O=C1CNc2ncnc(N3CCN(C(CN4CCCCC4)c4ccc(F)c(F)c4)CC3)c2N1. The first-order valence-corrected chi connectivity index (χ1v) is 11.6. The van der Waals surface area contributed by atoms with Gasteiger partial charge in [0.2, 0.25) is 5.91 Å². The molecule has 1 amide bonds. The molecule has 0 saturated carbocycles. The summed E-state index contributed by atoms with van der Waals surface area (Å²) in [6, 6.07) is 4.27. The smallest absolute Gasteiger partial charge is 0.243 e. The van der Waals surface area contributed by atoms with Crippen LogP contribution in [0.5, 0.6) is 0 Å². The van der Waals surface area contributed by atoms with Crippen molar-refractivity contribution in [1.29, 1.82) is 0 Å². The molecule has 10 heteroatoms. The summed E-state index contributed by atoms with van der Waals surface area (Å²) in [6.45, 7) is 5.99. The monoisotopic (exact) mass is 457 g/mol. The van der Waals surface area contributed by atoms with E-state index in [1.807, 2.05) is 0 Å². The number of piperazine rings is 1. The lowest BCUT2D eigenvalue weighted by Crippen LogP contribution is -2.50. The van der Waals surface area contributed by atoms with Gasteiger partial charge in [0.15, 0.2) is 23.3 Å². The molecule has 2 N–H and O–H groups in total. The van der Waals surface area contributed by atoms with Crippen molar-refractivity contribution in [3.8, 4) is 0 Å². The molecule has 0 radical (unpaired) electrons. The normalized spacial score (nSPS) is 20.7. The maximum atomic E-state index is 14.1. The van der Waals surface area contributed by atoms with Gasteiger partial charge in [-0.3, -0.25) is 9.69 Å². The summed E-state index contributed by atoms with van der Waals surface area (Å²) in [5, 5.41) is 5.91. The number of likely N-dealkylation sites (tertiary alicyclic amines) is 1. The van der Waals surface area contributed by atoms with E-state index < -0.39 is 11.6 Å². The summed E-state index contributed by atoms with van der Waals surface area (Å²) in [4.78, 5) is 27.5. The molecule has 1 aromatic heterocycles. The van der Waals surface area contributed by atoms with Crippen molar-refractivity contribution in [3.05, 3.63) is 41.7 Å². The van der Waals surface area contributed by atoms with E-state index in [1.165, 1.54) is 37.7 Å². The minimum atomic E-state index is -0.815. The number of benzene rings is 1. The number of hydrogen-bond donors (Lipinski definition) is 2. The highest BCUT2D eigenvalue weighted by atomic mass is 19.2. The van der Waals surface area contributed by atoms with Gasteiger partial charge >= 0.3 is 0 Å². The molecule has 3 aliphatic rings. The van der Waals surface area contributed by atoms with Crippen molar-refractivity contribution >= 4 is 23.2 Å². The van der Waals surface area contributed by atoms with Crippen LogP contribution in [0.3, 0.4) is 0 Å². The zero-order valence-electron chi connectivity index (χ0n) is 18.6. The first-order valence-electron chi connectivity index (χ1n) is 11.6. The molecule has 1 atom stereocenters. The average Bonchev–Trinajstić information content (AvgIpc) is 2.85. The third-order valence-corrected chi connectivity index (χ3v) is 6.77. The predicted molar refractivity (Wildman–Crippen MR) is 122 cm³/mol. The summed E-state index contributed by atoms with van der Waals surface area (Å²) in [7, 11) is 0. The van der Waals surface area contributed by atoms with Gasteiger partial charge in [0.25, 0.3) is 0 Å². The molecule has 2 aromatic rings. The van der Waals surface area contributed by atoms with Crippen molar-refractivity contribution < 1.29 is 13.6 Å². The number of nitrogens with zero attached hydrogens (tertiary/aromatic N) is 5. The molecule has 0 bridgehead atoms. The quantitative estimate of drug-likeness (QED) is 0.714. The number of amides is 1. The fraction of sp³-hybridized carbons (Fsp3) is 0.522. The second-order valence-electron chi connectivity index (χ2n) is 8.90. The highest BCUT2D eigenvalue weighted by molar-refractivity contribution is 6.02. The molecule has 4 heterocycles. The first-order chi connectivity index (χ1) is 16.1. The molecule has 0 spiro atoms. The second-order valence-corrected chi connectivity index (χ2v) is 8.90. The van der Waals surface area contributed by atoms with Crippen LogP contribution in [0, 0.1) is 11.6 Å². The van der Waals surface area contributed by atoms with Crippen molar-refractivity contribution in [1.82, 2.24) is 19.8 Å². The van der Waals surface area contributed by atoms with Gasteiger partial charge in [-0.05, 0) is 43.6 Å². The fourth-order valence-corrected chi connectivity index (χ4v) is 5.00. The number of anilines is 3. The van der Waals surface area contributed by atoms with Crippen LogP contribution in [0.15, 0.2) is 24.5 Å². The van der Waals surface area contributed by atoms with Crippen LogP contribution in [0.1, 0.15) is 30.9 Å². The predicted octanol–water partition coefficient (Wildman–Crippen LogP) is 2.47. The Labute approximate surface area is 192 Å². The van der Waals surface area contributed by atoms with E-state index in [9.17, 15) is 13.6 Å². The largest absolute Gasteiger partial charge is 0.359 e. The van der Waals surface area contributed by atoms with Crippen molar-refractivity contribution in [3.63, 3.8) is 0 Å². The average molecular weight is 458 g/mol. The number of rotatable bonds is 5. The topological polar surface area (TPSA) is 76.6 Å². The van der Waals surface area contributed by atoms with Crippen molar-refractivity contribution in [2.75, 3.05) is 67.9 Å². The molecule has 1 aromatic carbocycles. The lowest BCUT2D eigenvalue weighted by molar-refractivity contribution is -0.114. The highest BCUT2D eigenvalue weighted by Crippen LogP contribution is 2.33. The Morgan fingerprint density at radius 2 is 1.76 bits per heavy atom. The molecule has 0 aliphatic carbocycles. The highest BCUT2D eigenvalue weighted by Gasteiger charge is 2.30. The zero-order valence-corrected chi connectivity index (χ0v) is 18.6. The van der Waals surface area contributed by atoms with Gasteiger partial charge < -0.3 is 20.4 Å². The van der Waals surface area contributed by atoms with Crippen LogP contribution >= 0.6 is 0 Å². The van der Waals surface area contributed by atoms with Crippen molar-refractivity contribution in [2.45, 2.75) is 25.3 Å². The van der Waals surface area contributed by atoms with Crippen LogP contribution in [0.2, 0.25) is 0 Å². The number of carbonyl (C=O) groups excluding carboxylic acids is 1. The van der Waals surface area contributed by atoms with Crippen LogP contribution in [0.25, 0.3) is 0 Å². The number of hydrogen-bond acceptors (Lipinski definition) is 7. The summed E-state index contributed by atoms with van der Waals surface area (Å²) >= 11 is 0. The Kier molecular flexibility index (Phi) is 6.37. The molecule has 33 heavy (non-hydrogen) atoms. The molecule has 176 valence electrons. The Balaban J connectivity index is 1.33.